The van der Waals surface area contributed by atoms with Crippen molar-refractivity contribution >= 4 is 17.5 Å². The lowest BCUT2D eigenvalue weighted by atomic mass is 9.90. The van der Waals surface area contributed by atoms with Crippen LogP contribution in [-0.4, -0.2) is 38.4 Å². The van der Waals surface area contributed by atoms with E-state index in [-0.39, 0.29) is 12.4 Å². The molecule has 0 heterocycles. The maximum Gasteiger partial charge on any atom is 0.313 e. The molecule has 126 valence electrons. The van der Waals surface area contributed by atoms with Gasteiger partial charge >= 0.3 is 5.97 Å². The molecule has 6 heteroatoms. The second-order valence-corrected chi connectivity index (χ2v) is 4.84. The number of ketones is 2. The van der Waals surface area contributed by atoms with Crippen molar-refractivity contribution in [1.29, 1.82) is 0 Å². The molecule has 1 atom stereocenters. The topological polar surface area (TPSA) is 78.9 Å². The molecule has 0 aliphatic carbocycles. The molecule has 1 aromatic carbocycles. The maximum atomic E-state index is 12.6. The average molecular weight is 322 g/mol. The standard InChI is InChI=1S/C17H22O6/c1-5-12(13(18)10-16(19)23-6-2)17(20)11-7-8-14(21-3)15(9-11)22-4/h7-9,12H,5-6,10H2,1-4H3. The van der Waals surface area contributed by atoms with E-state index < -0.39 is 24.1 Å². The fourth-order valence-corrected chi connectivity index (χ4v) is 2.23. The van der Waals surface area contributed by atoms with Gasteiger partial charge < -0.3 is 14.2 Å². The summed E-state index contributed by atoms with van der Waals surface area (Å²) in [7, 11) is 2.96. The van der Waals surface area contributed by atoms with Crippen molar-refractivity contribution in [2.24, 2.45) is 5.92 Å². The molecule has 1 aromatic rings. The van der Waals surface area contributed by atoms with Gasteiger partial charge in [0.05, 0.1) is 26.7 Å². The van der Waals surface area contributed by atoms with E-state index in [2.05, 4.69) is 0 Å². The summed E-state index contributed by atoms with van der Waals surface area (Å²) in [5, 5.41) is 0. The lowest BCUT2D eigenvalue weighted by Crippen LogP contribution is -2.26. The largest absolute Gasteiger partial charge is 0.493 e. The Hall–Kier alpha value is -2.37. The van der Waals surface area contributed by atoms with Gasteiger partial charge in [0.2, 0.25) is 0 Å². The highest BCUT2D eigenvalue weighted by Crippen LogP contribution is 2.29. The Balaban J connectivity index is 2.96. The first-order valence-corrected chi connectivity index (χ1v) is 7.42. The highest BCUT2D eigenvalue weighted by molar-refractivity contribution is 6.14. The molecular weight excluding hydrogens is 300 g/mol. The van der Waals surface area contributed by atoms with Crippen LogP contribution in [0, 0.1) is 5.92 Å². The summed E-state index contributed by atoms with van der Waals surface area (Å²) in [5.74, 6) is -1.37. The second kappa shape index (κ2) is 8.92. The summed E-state index contributed by atoms with van der Waals surface area (Å²) < 4.78 is 15.0. The van der Waals surface area contributed by atoms with Crippen molar-refractivity contribution in [2.45, 2.75) is 26.7 Å². The minimum atomic E-state index is -0.877. The van der Waals surface area contributed by atoms with Crippen LogP contribution in [0.2, 0.25) is 0 Å². The van der Waals surface area contributed by atoms with Crippen LogP contribution in [0.1, 0.15) is 37.0 Å². The van der Waals surface area contributed by atoms with E-state index in [0.29, 0.717) is 23.5 Å². The van der Waals surface area contributed by atoms with E-state index in [1.165, 1.54) is 20.3 Å². The van der Waals surface area contributed by atoms with E-state index in [1.807, 2.05) is 0 Å². The summed E-state index contributed by atoms with van der Waals surface area (Å²) in [6.07, 6.45) is -0.0865. The van der Waals surface area contributed by atoms with Gasteiger partial charge in [-0.25, -0.2) is 0 Å². The zero-order valence-corrected chi connectivity index (χ0v) is 13.9. The number of carbonyl (C=O) groups excluding carboxylic acids is 3. The smallest absolute Gasteiger partial charge is 0.313 e. The average Bonchev–Trinajstić information content (AvgIpc) is 2.54. The molecule has 0 aliphatic heterocycles. The molecule has 6 nitrogen and oxygen atoms in total. The van der Waals surface area contributed by atoms with Gasteiger partial charge in [-0.2, -0.15) is 0 Å². The molecule has 0 bridgehead atoms. The van der Waals surface area contributed by atoms with Crippen molar-refractivity contribution < 1.29 is 28.6 Å². The number of methoxy groups -OCH3 is 2. The monoisotopic (exact) mass is 322 g/mol. The van der Waals surface area contributed by atoms with Gasteiger partial charge in [-0.3, -0.25) is 14.4 Å². The number of esters is 1. The lowest BCUT2D eigenvalue weighted by Gasteiger charge is -2.14. The fraction of sp³-hybridized carbons (Fsp3) is 0.471. The van der Waals surface area contributed by atoms with E-state index >= 15 is 0 Å². The van der Waals surface area contributed by atoms with Gasteiger partial charge in [0.1, 0.15) is 6.42 Å². The van der Waals surface area contributed by atoms with Crippen molar-refractivity contribution in [3.63, 3.8) is 0 Å². The Kier molecular flexibility index (Phi) is 7.25. The predicted octanol–water partition coefficient (Wildman–Crippen LogP) is 2.44. The van der Waals surface area contributed by atoms with Gasteiger partial charge in [0.25, 0.3) is 0 Å². The first kappa shape index (κ1) is 18.7. The number of carbonyl (C=O) groups is 3. The third-order valence-electron chi connectivity index (χ3n) is 3.41. The summed E-state index contributed by atoms with van der Waals surface area (Å²) in [6.45, 7) is 3.59. The molecule has 0 spiro atoms. The van der Waals surface area contributed by atoms with E-state index in [0.717, 1.165) is 0 Å². The number of rotatable bonds is 9. The lowest BCUT2D eigenvalue weighted by molar-refractivity contribution is -0.146. The number of Topliss-reactive ketones (excluding diaryl/α,β-unsaturated/α-hetero) is 2. The molecule has 0 aliphatic rings. The van der Waals surface area contributed by atoms with Crippen LogP contribution in [0.25, 0.3) is 0 Å². The van der Waals surface area contributed by atoms with Crippen LogP contribution in [0.3, 0.4) is 0 Å². The minimum absolute atomic E-state index is 0.201. The fourth-order valence-electron chi connectivity index (χ4n) is 2.23. The third-order valence-corrected chi connectivity index (χ3v) is 3.41. The highest BCUT2D eigenvalue weighted by Gasteiger charge is 2.28. The summed E-state index contributed by atoms with van der Waals surface area (Å²) in [6, 6.07) is 4.71. The molecule has 0 saturated carbocycles. The van der Waals surface area contributed by atoms with Crippen LogP contribution < -0.4 is 9.47 Å². The minimum Gasteiger partial charge on any atom is -0.493 e. The van der Waals surface area contributed by atoms with E-state index in [9.17, 15) is 14.4 Å². The Morgan fingerprint density at radius 2 is 1.70 bits per heavy atom. The summed E-state index contributed by atoms with van der Waals surface area (Å²) in [5.41, 5.74) is 0.340. The second-order valence-electron chi connectivity index (χ2n) is 4.84. The normalized spacial score (nSPS) is 11.5. The van der Waals surface area contributed by atoms with E-state index in [1.54, 1.807) is 26.0 Å². The van der Waals surface area contributed by atoms with Crippen molar-refractivity contribution in [1.82, 2.24) is 0 Å². The highest BCUT2D eigenvalue weighted by atomic mass is 16.5. The Morgan fingerprint density at radius 1 is 1.04 bits per heavy atom. The zero-order valence-electron chi connectivity index (χ0n) is 13.9. The van der Waals surface area contributed by atoms with Crippen molar-refractivity contribution in [3.8, 4) is 11.5 Å². The quantitative estimate of drug-likeness (QED) is 0.395. The number of hydrogen-bond donors (Lipinski definition) is 0. The molecule has 0 aromatic heterocycles. The van der Waals surface area contributed by atoms with Crippen LogP contribution in [0.5, 0.6) is 11.5 Å². The van der Waals surface area contributed by atoms with Crippen LogP contribution in [0.15, 0.2) is 18.2 Å². The first-order valence-electron chi connectivity index (χ1n) is 7.42. The summed E-state index contributed by atoms with van der Waals surface area (Å²) in [4.78, 5) is 36.2. The van der Waals surface area contributed by atoms with Gasteiger partial charge in [-0.15, -0.1) is 0 Å². The Bertz CT molecular complexity index is 578. The molecule has 0 N–H and O–H groups in total. The zero-order chi connectivity index (χ0) is 17.4. The number of benzene rings is 1. The number of hydrogen-bond acceptors (Lipinski definition) is 6. The molecule has 1 unspecified atom stereocenters. The maximum absolute atomic E-state index is 12.6. The molecule has 0 amide bonds. The van der Waals surface area contributed by atoms with E-state index in [4.69, 9.17) is 14.2 Å². The van der Waals surface area contributed by atoms with Crippen LogP contribution in [0.4, 0.5) is 0 Å². The van der Waals surface area contributed by atoms with Gasteiger partial charge in [-0.05, 0) is 31.5 Å². The molecule has 23 heavy (non-hydrogen) atoms. The third kappa shape index (κ3) is 4.81. The Morgan fingerprint density at radius 3 is 2.22 bits per heavy atom. The molecule has 0 fully saturated rings. The van der Waals surface area contributed by atoms with Gasteiger partial charge in [0, 0.05) is 5.56 Å². The SMILES string of the molecule is CCOC(=O)CC(=O)C(CC)C(=O)c1ccc(OC)c(OC)c1. The van der Waals surface area contributed by atoms with Gasteiger partial charge in [-0.1, -0.05) is 6.92 Å². The Labute approximate surface area is 135 Å². The molecule has 1 rings (SSSR count). The van der Waals surface area contributed by atoms with Crippen molar-refractivity contribution in [3.05, 3.63) is 23.8 Å². The molecule has 0 radical (unpaired) electrons. The van der Waals surface area contributed by atoms with Crippen molar-refractivity contribution in [2.75, 3.05) is 20.8 Å². The van der Waals surface area contributed by atoms with Gasteiger partial charge in [0.15, 0.2) is 23.1 Å². The number of ether oxygens (including phenoxy) is 3. The summed E-state index contributed by atoms with van der Waals surface area (Å²) >= 11 is 0. The van der Waals surface area contributed by atoms with Crippen LogP contribution >= 0.6 is 0 Å². The molecule has 0 saturated heterocycles. The first-order chi connectivity index (χ1) is 11.0. The van der Waals surface area contributed by atoms with Crippen LogP contribution in [-0.2, 0) is 14.3 Å². The molecular formula is C17H22O6. The predicted molar refractivity (Wildman–Crippen MR) is 83.9 cm³/mol.